The van der Waals surface area contributed by atoms with Crippen LogP contribution in [0.1, 0.15) is 0 Å². The molecular weight excluding hydrogens is 212 g/mol. The fourth-order valence-corrected chi connectivity index (χ4v) is 1.40. The number of hydrogen-bond acceptors (Lipinski definition) is 7. The van der Waals surface area contributed by atoms with Crippen LogP contribution in [0.5, 0.6) is 0 Å². The molecule has 0 aliphatic carbocycles. The second kappa shape index (κ2) is 4.11. The van der Waals surface area contributed by atoms with Crippen LogP contribution in [0.3, 0.4) is 0 Å². The van der Waals surface area contributed by atoms with E-state index in [1.165, 1.54) is 6.33 Å². The zero-order valence-corrected chi connectivity index (χ0v) is 8.30. The fraction of sp³-hybridized carbons (Fsp3) is 0.250. The Kier molecular flexibility index (Phi) is 2.64. The van der Waals surface area contributed by atoms with Gasteiger partial charge in [0, 0.05) is 6.07 Å². The van der Waals surface area contributed by atoms with Crippen molar-refractivity contribution in [3.05, 3.63) is 12.4 Å². The number of rotatable bonds is 2. The Morgan fingerprint density at radius 3 is 2.62 bits per heavy atom. The van der Waals surface area contributed by atoms with Gasteiger partial charge in [0.05, 0.1) is 13.1 Å². The Morgan fingerprint density at radius 1 is 1.31 bits per heavy atom. The number of carbonyl (C=O) groups is 2. The zero-order chi connectivity index (χ0) is 11.5. The van der Waals surface area contributed by atoms with Gasteiger partial charge in [0.1, 0.15) is 18.0 Å². The number of carbonyl (C=O) groups excluding carboxylic acids is 2. The number of nitrogens with one attached hydrogen (secondary N) is 2. The molecule has 84 valence electrons. The molecule has 0 aromatic carbocycles. The maximum Gasteiger partial charge on any atom is 0.246 e. The number of nitrogen functional groups attached to an aromatic ring is 1. The van der Waals surface area contributed by atoms with Gasteiger partial charge in [0.25, 0.3) is 0 Å². The van der Waals surface area contributed by atoms with Gasteiger partial charge in [-0.15, -0.1) is 0 Å². The fourth-order valence-electron chi connectivity index (χ4n) is 1.40. The van der Waals surface area contributed by atoms with Crippen LogP contribution >= 0.6 is 0 Å². The van der Waals surface area contributed by atoms with Crippen LogP contribution in [-0.4, -0.2) is 34.9 Å². The molecular formula is C8H10N6O2. The first kappa shape index (κ1) is 10.3. The number of hydrogen-bond donors (Lipinski definition) is 3. The minimum atomic E-state index is -0.350. The average molecular weight is 222 g/mol. The molecule has 1 saturated heterocycles. The van der Waals surface area contributed by atoms with Gasteiger partial charge in [-0.05, 0) is 0 Å². The first-order chi connectivity index (χ1) is 7.69. The van der Waals surface area contributed by atoms with Crippen LogP contribution in [0.15, 0.2) is 12.4 Å². The molecule has 1 aromatic heterocycles. The first-order valence-corrected chi connectivity index (χ1v) is 4.55. The van der Waals surface area contributed by atoms with Crippen molar-refractivity contribution < 1.29 is 9.59 Å². The summed E-state index contributed by atoms with van der Waals surface area (Å²) < 4.78 is 0. The largest absolute Gasteiger partial charge is 0.338 e. The molecule has 1 aliphatic heterocycles. The summed E-state index contributed by atoms with van der Waals surface area (Å²) in [4.78, 5) is 31.7. The van der Waals surface area contributed by atoms with Gasteiger partial charge in [-0.2, -0.15) is 0 Å². The van der Waals surface area contributed by atoms with E-state index in [4.69, 9.17) is 5.84 Å². The van der Waals surface area contributed by atoms with Crippen molar-refractivity contribution >= 4 is 23.5 Å². The van der Waals surface area contributed by atoms with E-state index in [-0.39, 0.29) is 24.9 Å². The van der Waals surface area contributed by atoms with Gasteiger partial charge >= 0.3 is 0 Å². The van der Waals surface area contributed by atoms with Gasteiger partial charge < -0.3 is 10.3 Å². The van der Waals surface area contributed by atoms with Crippen LogP contribution in [0, 0.1) is 0 Å². The number of imide groups is 1. The summed E-state index contributed by atoms with van der Waals surface area (Å²) in [6.45, 7) is 0.180. The van der Waals surface area contributed by atoms with Gasteiger partial charge in [-0.3, -0.25) is 14.9 Å². The zero-order valence-electron chi connectivity index (χ0n) is 8.30. The Bertz CT molecular complexity index is 418. The number of anilines is 2. The molecule has 16 heavy (non-hydrogen) atoms. The summed E-state index contributed by atoms with van der Waals surface area (Å²) in [5.74, 6) is 5.40. The van der Waals surface area contributed by atoms with E-state index >= 15 is 0 Å². The molecule has 1 aromatic rings. The highest BCUT2D eigenvalue weighted by atomic mass is 16.2. The van der Waals surface area contributed by atoms with E-state index in [1.54, 1.807) is 11.0 Å². The highest BCUT2D eigenvalue weighted by Crippen LogP contribution is 2.13. The minimum Gasteiger partial charge on any atom is -0.338 e. The number of nitrogens with zero attached hydrogens (tertiary/aromatic N) is 3. The monoisotopic (exact) mass is 222 g/mol. The van der Waals surface area contributed by atoms with E-state index in [2.05, 4.69) is 20.7 Å². The van der Waals surface area contributed by atoms with Crippen LogP contribution in [0.2, 0.25) is 0 Å². The van der Waals surface area contributed by atoms with Crippen molar-refractivity contribution in [3.63, 3.8) is 0 Å². The summed E-state index contributed by atoms with van der Waals surface area (Å²) in [7, 11) is 0. The molecule has 0 saturated carbocycles. The summed E-state index contributed by atoms with van der Waals surface area (Å²) in [6, 6.07) is 1.56. The third-order valence-electron chi connectivity index (χ3n) is 2.07. The smallest absolute Gasteiger partial charge is 0.246 e. The van der Waals surface area contributed by atoms with E-state index < -0.39 is 0 Å². The van der Waals surface area contributed by atoms with Gasteiger partial charge in [-0.1, -0.05) is 0 Å². The number of nitrogens with two attached hydrogens (primary N) is 1. The second-order valence-corrected chi connectivity index (χ2v) is 3.23. The highest BCUT2D eigenvalue weighted by molar-refractivity contribution is 6.02. The van der Waals surface area contributed by atoms with Crippen LogP contribution in [-0.2, 0) is 9.59 Å². The van der Waals surface area contributed by atoms with Gasteiger partial charge in [0.2, 0.25) is 11.8 Å². The van der Waals surface area contributed by atoms with Crippen molar-refractivity contribution in [3.8, 4) is 0 Å². The SMILES string of the molecule is NNc1cc(N2CC(=O)NC(=O)C2)ncn1. The van der Waals surface area contributed by atoms with Crippen molar-refractivity contribution in [2.75, 3.05) is 23.4 Å². The number of hydrazine groups is 1. The van der Waals surface area contributed by atoms with E-state index in [0.717, 1.165) is 0 Å². The Morgan fingerprint density at radius 2 is 2.00 bits per heavy atom. The molecule has 2 heterocycles. The molecule has 1 fully saturated rings. The lowest BCUT2D eigenvalue weighted by atomic mass is 10.3. The first-order valence-electron chi connectivity index (χ1n) is 4.55. The lowest BCUT2D eigenvalue weighted by Crippen LogP contribution is -2.51. The van der Waals surface area contributed by atoms with E-state index in [9.17, 15) is 9.59 Å². The lowest BCUT2D eigenvalue weighted by molar-refractivity contribution is -0.130. The highest BCUT2D eigenvalue weighted by Gasteiger charge is 2.23. The topological polar surface area (TPSA) is 113 Å². The van der Waals surface area contributed by atoms with Crippen molar-refractivity contribution in [2.45, 2.75) is 0 Å². The maximum atomic E-state index is 11.2. The molecule has 2 amide bonds. The quantitative estimate of drug-likeness (QED) is 0.308. The Labute approximate surface area is 90.8 Å². The Hall–Kier alpha value is -2.22. The summed E-state index contributed by atoms with van der Waals surface area (Å²) >= 11 is 0. The molecule has 0 spiro atoms. The van der Waals surface area contributed by atoms with Crippen LogP contribution < -0.4 is 21.5 Å². The summed E-state index contributed by atoms with van der Waals surface area (Å²) in [5, 5.41) is 2.20. The lowest BCUT2D eigenvalue weighted by Gasteiger charge is -2.26. The van der Waals surface area contributed by atoms with Gasteiger partial charge in [0.15, 0.2) is 0 Å². The molecule has 0 bridgehead atoms. The molecule has 8 heteroatoms. The second-order valence-electron chi connectivity index (χ2n) is 3.23. The number of amides is 2. The summed E-state index contributed by atoms with van der Waals surface area (Å²) in [6.07, 6.45) is 1.31. The van der Waals surface area contributed by atoms with Crippen molar-refractivity contribution in [1.82, 2.24) is 15.3 Å². The average Bonchev–Trinajstić information content (AvgIpc) is 2.28. The van der Waals surface area contributed by atoms with E-state index in [1.807, 2.05) is 0 Å². The number of piperazine rings is 1. The van der Waals surface area contributed by atoms with E-state index in [0.29, 0.717) is 11.6 Å². The maximum absolute atomic E-state index is 11.2. The molecule has 8 nitrogen and oxygen atoms in total. The molecule has 2 rings (SSSR count). The molecule has 1 aliphatic rings. The molecule has 0 radical (unpaired) electrons. The summed E-state index contributed by atoms with van der Waals surface area (Å²) in [5.41, 5.74) is 2.37. The molecule has 0 unspecified atom stereocenters. The minimum absolute atomic E-state index is 0.0900. The molecule has 4 N–H and O–H groups in total. The van der Waals surface area contributed by atoms with Crippen molar-refractivity contribution in [1.29, 1.82) is 0 Å². The van der Waals surface area contributed by atoms with Crippen molar-refractivity contribution in [2.24, 2.45) is 5.84 Å². The van der Waals surface area contributed by atoms with Gasteiger partial charge in [-0.25, -0.2) is 15.8 Å². The third-order valence-corrected chi connectivity index (χ3v) is 2.07. The Balaban J connectivity index is 2.22. The predicted octanol–water partition coefficient (Wildman–Crippen LogP) is -1.77. The van der Waals surface area contributed by atoms with Crippen LogP contribution in [0.25, 0.3) is 0 Å². The standard InChI is InChI=1S/C8H10N6O2/c9-13-5-1-6(11-4-10-5)14-2-7(15)12-8(16)3-14/h1,4H,2-3,9H2,(H,10,11,13)(H,12,15,16). The normalized spacial score (nSPS) is 15.9. The molecule has 0 atom stereocenters. The third kappa shape index (κ3) is 2.06. The number of aromatic nitrogens is 2. The predicted molar refractivity (Wildman–Crippen MR) is 55.2 cm³/mol. The van der Waals surface area contributed by atoms with Crippen LogP contribution in [0.4, 0.5) is 11.6 Å².